The number of nitro benzene ring substituents is 1. The average molecular weight is 260 g/mol. The van der Waals surface area contributed by atoms with Gasteiger partial charge in [-0.3, -0.25) is 10.1 Å². The van der Waals surface area contributed by atoms with Gasteiger partial charge in [0, 0.05) is 24.8 Å². The van der Waals surface area contributed by atoms with Gasteiger partial charge in [0.05, 0.1) is 17.2 Å². The van der Waals surface area contributed by atoms with Gasteiger partial charge in [-0.1, -0.05) is 0 Å². The third-order valence-corrected chi connectivity index (χ3v) is 2.21. The molecule has 0 fully saturated rings. The molecule has 0 heterocycles. The van der Waals surface area contributed by atoms with Crippen LogP contribution in [0.4, 0.5) is 20.2 Å². The van der Waals surface area contributed by atoms with E-state index in [4.69, 9.17) is 4.74 Å². The van der Waals surface area contributed by atoms with E-state index in [0.29, 0.717) is 19.3 Å². The first-order chi connectivity index (χ1) is 8.45. The zero-order valence-electron chi connectivity index (χ0n) is 10.1. The Hall–Kier alpha value is -1.76. The second-order valence-electron chi connectivity index (χ2n) is 3.75. The summed E-state index contributed by atoms with van der Waals surface area (Å²) in [5.41, 5.74) is -0.877. The summed E-state index contributed by atoms with van der Waals surface area (Å²) in [6.07, 6.45) is 0. The van der Waals surface area contributed by atoms with Gasteiger partial charge in [-0.05, 0) is 13.8 Å². The number of halogens is 2. The van der Waals surface area contributed by atoms with E-state index >= 15 is 0 Å². The van der Waals surface area contributed by atoms with E-state index in [1.165, 1.54) is 0 Å². The van der Waals surface area contributed by atoms with Gasteiger partial charge in [0.2, 0.25) is 5.82 Å². The monoisotopic (exact) mass is 260 g/mol. The van der Waals surface area contributed by atoms with Crippen LogP contribution < -0.4 is 5.32 Å². The highest BCUT2D eigenvalue weighted by molar-refractivity contribution is 5.53. The van der Waals surface area contributed by atoms with Crippen LogP contribution in [0, 0.1) is 21.7 Å². The molecule has 0 aliphatic carbocycles. The minimum Gasteiger partial charge on any atom is -0.380 e. The molecule has 0 saturated carbocycles. The van der Waals surface area contributed by atoms with Crippen LogP contribution in [-0.4, -0.2) is 24.2 Å². The highest BCUT2D eigenvalue weighted by Gasteiger charge is 2.19. The predicted molar refractivity (Wildman–Crippen MR) is 62.6 cm³/mol. The third kappa shape index (κ3) is 3.63. The normalized spacial score (nSPS) is 12.2. The molecule has 7 heteroatoms. The van der Waals surface area contributed by atoms with E-state index in [9.17, 15) is 18.9 Å². The molecule has 18 heavy (non-hydrogen) atoms. The lowest BCUT2D eigenvalue weighted by atomic mass is 10.2. The smallest absolute Gasteiger partial charge is 0.307 e. The molecule has 0 aliphatic rings. The zero-order chi connectivity index (χ0) is 13.7. The fourth-order valence-corrected chi connectivity index (χ4v) is 1.39. The summed E-state index contributed by atoms with van der Waals surface area (Å²) >= 11 is 0. The Kier molecular flexibility index (Phi) is 4.96. The van der Waals surface area contributed by atoms with Gasteiger partial charge in [-0.15, -0.1) is 0 Å². The number of benzene rings is 1. The molecule has 0 aromatic heterocycles. The Morgan fingerprint density at radius 1 is 1.44 bits per heavy atom. The molecule has 100 valence electrons. The summed E-state index contributed by atoms with van der Waals surface area (Å²) in [4.78, 5) is 9.64. The zero-order valence-corrected chi connectivity index (χ0v) is 10.1. The summed E-state index contributed by atoms with van der Waals surface area (Å²) in [6, 6.07) is 1.09. The topological polar surface area (TPSA) is 64.4 Å². The molecule has 0 spiro atoms. The summed E-state index contributed by atoms with van der Waals surface area (Å²) in [7, 11) is 0. The fourth-order valence-electron chi connectivity index (χ4n) is 1.39. The Labute approximate surface area is 103 Å². The number of rotatable bonds is 6. The molecular weight excluding hydrogens is 246 g/mol. The lowest BCUT2D eigenvalue weighted by molar-refractivity contribution is -0.387. The number of nitro groups is 1. The maximum absolute atomic E-state index is 13.4. The second kappa shape index (κ2) is 6.25. The maximum atomic E-state index is 13.4. The van der Waals surface area contributed by atoms with Crippen molar-refractivity contribution in [2.45, 2.75) is 19.9 Å². The molecule has 5 nitrogen and oxygen atoms in total. The number of nitrogens with zero attached hydrogens (tertiary/aromatic N) is 1. The van der Waals surface area contributed by atoms with Gasteiger partial charge in [-0.2, -0.15) is 4.39 Å². The second-order valence-corrected chi connectivity index (χ2v) is 3.75. The van der Waals surface area contributed by atoms with Crippen molar-refractivity contribution in [1.82, 2.24) is 0 Å². The van der Waals surface area contributed by atoms with Crippen molar-refractivity contribution in [1.29, 1.82) is 0 Å². The first kappa shape index (κ1) is 14.3. The first-order valence-corrected chi connectivity index (χ1v) is 5.43. The van der Waals surface area contributed by atoms with Crippen molar-refractivity contribution in [3.8, 4) is 0 Å². The van der Waals surface area contributed by atoms with Crippen molar-refractivity contribution in [3.05, 3.63) is 33.9 Å². The standard InChI is InChI=1S/C11H14F2N2O3/c1-3-18-6-7(2)14-10-5-11(15(16)17)9(13)4-8(10)12/h4-5,7,14H,3,6H2,1-2H3. The molecular formula is C11H14F2N2O3. The Morgan fingerprint density at radius 2 is 2.11 bits per heavy atom. The van der Waals surface area contributed by atoms with E-state index in [1.54, 1.807) is 6.92 Å². The number of anilines is 1. The number of ether oxygens (including phenoxy) is 1. The van der Waals surface area contributed by atoms with Gasteiger partial charge in [0.15, 0.2) is 0 Å². The maximum Gasteiger partial charge on any atom is 0.307 e. The van der Waals surface area contributed by atoms with Gasteiger partial charge >= 0.3 is 5.69 Å². The average Bonchev–Trinajstić information content (AvgIpc) is 2.29. The van der Waals surface area contributed by atoms with E-state index in [2.05, 4.69) is 5.32 Å². The van der Waals surface area contributed by atoms with E-state index in [-0.39, 0.29) is 11.7 Å². The molecule has 0 bridgehead atoms. The van der Waals surface area contributed by atoms with Crippen LogP contribution in [-0.2, 0) is 4.74 Å². The van der Waals surface area contributed by atoms with Crippen LogP contribution >= 0.6 is 0 Å². The molecule has 1 aromatic carbocycles. The van der Waals surface area contributed by atoms with Crippen molar-refractivity contribution < 1.29 is 18.4 Å². The molecule has 1 rings (SSSR count). The van der Waals surface area contributed by atoms with Crippen LogP contribution in [0.5, 0.6) is 0 Å². The largest absolute Gasteiger partial charge is 0.380 e. The molecule has 0 aliphatic heterocycles. The van der Waals surface area contributed by atoms with Crippen molar-refractivity contribution in [2.75, 3.05) is 18.5 Å². The molecule has 1 atom stereocenters. The van der Waals surface area contributed by atoms with Gasteiger partial charge in [0.1, 0.15) is 5.82 Å². The van der Waals surface area contributed by atoms with Gasteiger partial charge in [-0.25, -0.2) is 4.39 Å². The van der Waals surface area contributed by atoms with Crippen molar-refractivity contribution >= 4 is 11.4 Å². The van der Waals surface area contributed by atoms with Crippen LogP contribution in [0.3, 0.4) is 0 Å². The molecule has 1 unspecified atom stereocenters. The lowest BCUT2D eigenvalue weighted by Gasteiger charge is -2.15. The lowest BCUT2D eigenvalue weighted by Crippen LogP contribution is -2.22. The summed E-state index contributed by atoms with van der Waals surface area (Å²) < 4.78 is 31.6. The third-order valence-electron chi connectivity index (χ3n) is 2.21. The van der Waals surface area contributed by atoms with Crippen LogP contribution in [0.2, 0.25) is 0 Å². The highest BCUT2D eigenvalue weighted by atomic mass is 19.1. The Bertz CT molecular complexity index is 441. The predicted octanol–water partition coefficient (Wildman–Crippen LogP) is 2.71. The van der Waals surface area contributed by atoms with E-state index in [0.717, 1.165) is 6.07 Å². The van der Waals surface area contributed by atoms with Crippen LogP contribution in [0.15, 0.2) is 12.1 Å². The van der Waals surface area contributed by atoms with Gasteiger partial charge < -0.3 is 10.1 Å². The summed E-state index contributed by atoms with van der Waals surface area (Å²) in [6.45, 7) is 4.37. The first-order valence-electron chi connectivity index (χ1n) is 5.43. The van der Waals surface area contributed by atoms with Crippen LogP contribution in [0.25, 0.3) is 0 Å². The minimum atomic E-state index is -1.19. The molecule has 0 radical (unpaired) electrons. The highest BCUT2D eigenvalue weighted by Crippen LogP contribution is 2.25. The molecule has 0 saturated heterocycles. The van der Waals surface area contributed by atoms with E-state index < -0.39 is 22.2 Å². The number of hydrogen-bond donors (Lipinski definition) is 1. The fraction of sp³-hybridized carbons (Fsp3) is 0.455. The van der Waals surface area contributed by atoms with Crippen molar-refractivity contribution in [3.63, 3.8) is 0 Å². The minimum absolute atomic E-state index is 0.115. The quantitative estimate of drug-likeness (QED) is 0.631. The number of nitrogens with one attached hydrogen (secondary N) is 1. The SMILES string of the molecule is CCOCC(C)Nc1cc([N+](=O)[O-])c(F)cc1F. The van der Waals surface area contributed by atoms with Crippen LogP contribution in [0.1, 0.15) is 13.8 Å². The molecule has 1 aromatic rings. The molecule has 0 amide bonds. The Balaban J connectivity index is 2.88. The number of hydrogen-bond acceptors (Lipinski definition) is 4. The van der Waals surface area contributed by atoms with Gasteiger partial charge in [0.25, 0.3) is 0 Å². The summed E-state index contributed by atoms with van der Waals surface area (Å²) in [5, 5.41) is 13.2. The van der Waals surface area contributed by atoms with Crippen molar-refractivity contribution in [2.24, 2.45) is 0 Å². The van der Waals surface area contributed by atoms with E-state index in [1.807, 2.05) is 6.92 Å². The molecule has 1 N–H and O–H groups in total. The summed E-state index contributed by atoms with van der Waals surface area (Å²) in [5.74, 6) is -2.07. The Morgan fingerprint density at radius 3 is 2.67 bits per heavy atom.